The third-order valence-corrected chi connectivity index (χ3v) is 1.32. The van der Waals surface area contributed by atoms with Crippen molar-refractivity contribution in [1.29, 1.82) is 0 Å². The van der Waals surface area contributed by atoms with Gasteiger partial charge in [0.2, 0.25) is 0 Å². The molecule has 1 heterocycles. The van der Waals surface area contributed by atoms with Crippen molar-refractivity contribution in [3.63, 3.8) is 0 Å². The summed E-state index contributed by atoms with van der Waals surface area (Å²) < 4.78 is 0. The highest BCUT2D eigenvalue weighted by Gasteiger charge is 1.91. The minimum atomic E-state index is 0.935. The molecule has 0 aliphatic heterocycles. The van der Waals surface area contributed by atoms with Crippen molar-refractivity contribution in [2.45, 2.75) is 6.92 Å². The van der Waals surface area contributed by atoms with Gasteiger partial charge in [0.05, 0.1) is 5.69 Å². The van der Waals surface area contributed by atoms with Crippen LogP contribution in [0.15, 0.2) is 30.6 Å². The molecule has 0 fully saturated rings. The number of hydrogen-bond donors (Lipinski definition) is 1. The van der Waals surface area contributed by atoms with Gasteiger partial charge in [-0.15, -0.1) is 0 Å². The highest BCUT2D eigenvalue weighted by atomic mass is 14.7. The van der Waals surface area contributed by atoms with Crippen molar-refractivity contribution in [3.8, 4) is 0 Å². The van der Waals surface area contributed by atoms with Gasteiger partial charge in [-0.25, -0.2) is 0 Å². The first-order valence-electron chi connectivity index (χ1n) is 3.14. The molecule has 2 N–H and O–H groups in total. The molecule has 0 saturated heterocycles. The van der Waals surface area contributed by atoms with E-state index in [1.54, 1.807) is 12.4 Å². The number of hydrogen-bond acceptors (Lipinski definition) is 2. The molecule has 0 atom stereocenters. The van der Waals surface area contributed by atoms with Gasteiger partial charge in [-0.2, -0.15) is 0 Å². The Morgan fingerprint density at radius 2 is 2.40 bits per heavy atom. The monoisotopic (exact) mass is 134 g/mol. The second-order valence-electron chi connectivity index (χ2n) is 2.06. The Labute approximate surface area is 60.4 Å². The first kappa shape index (κ1) is 6.81. The van der Waals surface area contributed by atoms with E-state index in [1.165, 1.54) is 0 Å². The van der Waals surface area contributed by atoms with Gasteiger partial charge >= 0.3 is 0 Å². The molecule has 2 heteroatoms. The topological polar surface area (TPSA) is 38.9 Å². The molecule has 0 spiro atoms. The van der Waals surface area contributed by atoms with Gasteiger partial charge in [-0.3, -0.25) is 4.98 Å². The van der Waals surface area contributed by atoms with Crippen LogP contribution in [-0.2, 0) is 0 Å². The van der Waals surface area contributed by atoms with Gasteiger partial charge in [0.1, 0.15) is 0 Å². The van der Waals surface area contributed by atoms with Crippen LogP contribution < -0.4 is 5.73 Å². The third kappa shape index (κ3) is 1.35. The summed E-state index contributed by atoms with van der Waals surface area (Å²) in [6.07, 6.45) is 3.31. The van der Waals surface area contributed by atoms with Gasteiger partial charge in [-0.05, 0) is 30.8 Å². The Bertz CT molecular complexity index is 226. The fourth-order valence-electron chi connectivity index (χ4n) is 0.681. The number of nitrogens with two attached hydrogens (primary N) is 1. The van der Waals surface area contributed by atoms with Crippen LogP contribution in [0.5, 0.6) is 0 Å². The number of rotatable bonds is 1. The molecule has 0 aliphatic rings. The Morgan fingerprint density at radius 3 is 2.90 bits per heavy atom. The Kier molecular flexibility index (Phi) is 2.05. The maximum absolute atomic E-state index is 5.30. The van der Waals surface area contributed by atoms with E-state index < -0.39 is 0 Å². The van der Waals surface area contributed by atoms with Crippen molar-refractivity contribution < 1.29 is 0 Å². The van der Waals surface area contributed by atoms with Crippen LogP contribution in [0.25, 0.3) is 5.57 Å². The largest absolute Gasteiger partial charge is 0.404 e. The quantitative estimate of drug-likeness (QED) is 0.630. The molecule has 0 aromatic carbocycles. The van der Waals surface area contributed by atoms with Crippen LogP contribution in [0.1, 0.15) is 12.6 Å². The Morgan fingerprint density at radius 1 is 1.60 bits per heavy atom. The van der Waals surface area contributed by atoms with E-state index >= 15 is 0 Å². The van der Waals surface area contributed by atoms with Gasteiger partial charge in [0, 0.05) is 6.20 Å². The normalized spacial score (nSPS) is 11.5. The number of allylic oxidation sites excluding steroid dienone is 1. The van der Waals surface area contributed by atoms with Crippen molar-refractivity contribution in [3.05, 3.63) is 36.3 Å². The molecule has 1 rings (SSSR count). The molecule has 10 heavy (non-hydrogen) atoms. The van der Waals surface area contributed by atoms with Crippen LogP contribution in [0, 0.1) is 0 Å². The van der Waals surface area contributed by atoms with Gasteiger partial charge < -0.3 is 5.73 Å². The zero-order valence-electron chi connectivity index (χ0n) is 5.91. The summed E-state index contributed by atoms with van der Waals surface area (Å²) >= 11 is 0. The molecule has 2 nitrogen and oxygen atoms in total. The van der Waals surface area contributed by atoms with E-state index in [-0.39, 0.29) is 0 Å². The first-order valence-corrected chi connectivity index (χ1v) is 3.14. The van der Waals surface area contributed by atoms with Crippen LogP contribution in [0.4, 0.5) is 0 Å². The molecule has 0 aliphatic carbocycles. The average molecular weight is 134 g/mol. The molecule has 0 unspecified atom stereocenters. The molecule has 0 amide bonds. The van der Waals surface area contributed by atoms with Crippen molar-refractivity contribution >= 4 is 5.57 Å². The van der Waals surface area contributed by atoms with Gasteiger partial charge in [0.25, 0.3) is 0 Å². The SMILES string of the molecule is C/C(=C/N)c1ccccn1. The number of pyridine rings is 1. The Balaban J connectivity index is 2.96. The zero-order chi connectivity index (χ0) is 7.40. The standard InChI is InChI=1S/C8H10N2/c1-7(6-9)8-4-2-3-5-10-8/h2-6H,9H2,1H3/b7-6-. The predicted octanol–water partition coefficient (Wildman–Crippen LogP) is 1.40. The molecule has 1 aromatic rings. The second-order valence-corrected chi connectivity index (χ2v) is 2.06. The molecule has 0 saturated carbocycles. The highest BCUT2D eigenvalue weighted by Crippen LogP contribution is 2.06. The summed E-state index contributed by atoms with van der Waals surface area (Å²) in [6.45, 7) is 1.93. The molecule has 52 valence electrons. The van der Waals surface area contributed by atoms with E-state index in [4.69, 9.17) is 5.73 Å². The minimum Gasteiger partial charge on any atom is -0.404 e. The summed E-state index contributed by atoms with van der Waals surface area (Å²) in [7, 11) is 0. The first-order chi connectivity index (χ1) is 4.84. The van der Waals surface area contributed by atoms with Crippen molar-refractivity contribution in [2.75, 3.05) is 0 Å². The lowest BCUT2D eigenvalue weighted by molar-refractivity contribution is 1.26. The van der Waals surface area contributed by atoms with Crippen LogP contribution >= 0.6 is 0 Å². The third-order valence-electron chi connectivity index (χ3n) is 1.32. The summed E-state index contributed by atoms with van der Waals surface area (Å²) in [5.41, 5.74) is 7.24. The summed E-state index contributed by atoms with van der Waals surface area (Å²) in [4.78, 5) is 4.10. The van der Waals surface area contributed by atoms with Crippen LogP contribution in [0.3, 0.4) is 0 Å². The maximum atomic E-state index is 5.30. The molecule has 0 bridgehead atoms. The summed E-state index contributed by atoms with van der Waals surface area (Å²) in [5.74, 6) is 0. The lowest BCUT2D eigenvalue weighted by atomic mass is 10.2. The minimum absolute atomic E-state index is 0.935. The fourth-order valence-corrected chi connectivity index (χ4v) is 0.681. The molecule has 0 radical (unpaired) electrons. The van der Waals surface area contributed by atoms with Crippen LogP contribution in [-0.4, -0.2) is 4.98 Å². The lowest BCUT2D eigenvalue weighted by Gasteiger charge is -1.95. The summed E-state index contributed by atoms with van der Waals surface area (Å²) in [5, 5.41) is 0. The van der Waals surface area contributed by atoms with E-state index in [9.17, 15) is 0 Å². The Hall–Kier alpha value is -1.31. The average Bonchev–Trinajstić information content (AvgIpc) is 2.05. The second kappa shape index (κ2) is 3.01. The molecular formula is C8H10N2. The van der Waals surface area contributed by atoms with Crippen molar-refractivity contribution in [2.24, 2.45) is 5.73 Å². The van der Waals surface area contributed by atoms with Crippen molar-refractivity contribution in [1.82, 2.24) is 4.98 Å². The smallest absolute Gasteiger partial charge is 0.0673 e. The maximum Gasteiger partial charge on any atom is 0.0673 e. The zero-order valence-corrected chi connectivity index (χ0v) is 5.91. The van der Waals surface area contributed by atoms with E-state index in [1.807, 2.05) is 25.1 Å². The van der Waals surface area contributed by atoms with Crippen LogP contribution in [0.2, 0.25) is 0 Å². The van der Waals surface area contributed by atoms with E-state index in [0.29, 0.717) is 0 Å². The number of nitrogens with zero attached hydrogens (tertiary/aromatic N) is 1. The number of aromatic nitrogens is 1. The highest BCUT2D eigenvalue weighted by molar-refractivity contribution is 5.59. The summed E-state index contributed by atoms with van der Waals surface area (Å²) in [6, 6.07) is 5.75. The van der Waals surface area contributed by atoms with E-state index in [0.717, 1.165) is 11.3 Å². The fraction of sp³-hybridized carbons (Fsp3) is 0.125. The predicted molar refractivity (Wildman–Crippen MR) is 42.1 cm³/mol. The molecule has 1 aromatic heterocycles. The van der Waals surface area contributed by atoms with Gasteiger partial charge in [0.15, 0.2) is 0 Å². The lowest BCUT2D eigenvalue weighted by Crippen LogP contribution is -1.87. The molecular weight excluding hydrogens is 124 g/mol. The van der Waals surface area contributed by atoms with E-state index in [2.05, 4.69) is 4.98 Å². The van der Waals surface area contributed by atoms with Gasteiger partial charge in [-0.1, -0.05) is 6.07 Å².